The van der Waals surface area contributed by atoms with E-state index >= 15 is 0 Å². The van der Waals surface area contributed by atoms with E-state index in [1.165, 1.54) is 16.7 Å². The Hall–Kier alpha value is -2.77. The molecule has 0 bridgehead atoms. The Morgan fingerprint density at radius 3 is 1.88 bits per heavy atom. The normalized spacial score (nSPS) is 9.42. The average Bonchev–Trinajstić information content (AvgIpc) is 2.64. The first kappa shape index (κ1) is 23.5. The van der Waals surface area contributed by atoms with Gasteiger partial charge in [-0.15, -0.1) is 26.0 Å². The lowest BCUT2D eigenvalue weighted by atomic mass is 9.90. The molecule has 0 fully saturated rings. The number of terminal acetylenes is 1. The molecule has 0 heterocycles. The number of aryl methyl sites for hydroxylation is 3. The Labute approximate surface area is 148 Å². The van der Waals surface area contributed by atoms with Crippen molar-refractivity contribution in [1.82, 2.24) is 0 Å². The predicted octanol–water partition coefficient (Wildman–Crippen LogP) is 6.35. The molecule has 0 radical (unpaired) electrons. The maximum absolute atomic E-state index is 9.43. The van der Waals surface area contributed by atoms with Gasteiger partial charge in [0.2, 0.25) is 0 Å². The van der Waals surface area contributed by atoms with Crippen molar-refractivity contribution in [2.45, 2.75) is 40.5 Å². The Morgan fingerprint density at radius 1 is 0.875 bits per heavy atom. The van der Waals surface area contributed by atoms with Crippen LogP contribution in [0.15, 0.2) is 55.6 Å². The molecular weight excluding hydrogens is 290 g/mol. The molecule has 0 N–H and O–H groups in total. The molecule has 2 rings (SSSR count). The predicted molar refractivity (Wildman–Crippen MR) is 107 cm³/mol. The van der Waals surface area contributed by atoms with E-state index in [-0.39, 0.29) is 5.92 Å². The molecule has 1 atom stereocenters. The lowest BCUT2D eigenvalue weighted by Crippen LogP contribution is -1.99. The summed E-state index contributed by atoms with van der Waals surface area (Å²) in [7, 11) is 0. The maximum atomic E-state index is 9.43. The highest BCUT2D eigenvalue weighted by atomic mass is 14.3. The van der Waals surface area contributed by atoms with Gasteiger partial charge < -0.3 is 0 Å². The molecule has 1 unspecified atom stereocenters. The average molecular weight is 319 g/mol. The summed E-state index contributed by atoms with van der Waals surface area (Å²) in [6, 6.07) is 16.8. The molecule has 0 spiro atoms. The Balaban J connectivity index is 0. The molecule has 1 heteroatoms. The molecule has 0 saturated heterocycles. The molecule has 0 saturated carbocycles. The van der Waals surface area contributed by atoms with Crippen LogP contribution in [0.5, 0.6) is 0 Å². The number of rotatable bonds is 2. The summed E-state index contributed by atoms with van der Waals surface area (Å²) in [5, 5.41) is 9.43. The van der Waals surface area contributed by atoms with Crippen LogP contribution in [-0.4, -0.2) is 0 Å². The number of hydrogen-bond acceptors (Lipinski definition) is 1. The molecular formula is C23H29N. The van der Waals surface area contributed by atoms with Crippen LogP contribution in [0, 0.1) is 44.9 Å². The van der Waals surface area contributed by atoms with Gasteiger partial charge in [0.1, 0.15) is 0 Å². The maximum Gasteiger partial charge on any atom is 0.0962 e. The summed E-state index contributed by atoms with van der Waals surface area (Å²) in [4.78, 5) is 0. The third-order valence-corrected chi connectivity index (χ3v) is 3.37. The zero-order valence-corrected chi connectivity index (χ0v) is 15.6. The molecule has 1 nitrogen and oxygen atoms in total. The lowest BCUT2D eigenvalue weighted by molar-refractivity contribution is 1.03. The molecule has 2 aromatic carbocycles. The number of hydrogen-bond donors (Lipinski definition) is 0. The van der Waals surface area contributed by atoms with Gasteiger partial charge in [0.05, 0.1) is 12.0 Å². The van der Waals surface area contributed by atoms with Crippen LogP contribution in [0.25, 0.3) is 0 Å². The van der Waals surface area contributed by atoms with Gasteiger partial charge in [0.25, 0.3) is 0 Å². The zero-order chi connectivity index (χ0) is 19.1. The number of nitrogens with zero attached hydrogens (tertiary/aromatic N) is 1. The third-order valence-electron chi connectivity index (χ3n) is 3.37. The summed E-state index contributed by atoms with van der Waals surface area (Å²) < 4.78 is 0. The number of benzene rings is 2. The van der Waals surface area contributed by atoms with Gasteiger partial charge in [-0.25, -0.2) is 0 Å². The topological polar surface area (TPSA) is 23.8 Å². The summed E-state index contributed by atoms with van der Waals surface area (Å²) in [5.74, 6) is -0.177. The summed E-state index contributed by atoms with van der Waals surface area (Å²) in [6.07, 6.45) is 8.00. The summed E-state index contributed by atoms with van der Waals surface area (Å²) in [6.45, 7) is 16.2. The van der Waals surface area contributed by atoms with Gasteiger partial charge in [0.15, 0.2) is 0 Å². The summed E-state index contributed by atoms with van der Waals surface area (Å²) >= 11 is 0. The molecule has 126 valence electrons. The Morgan fingerprint density at radius 2 is 1.42 bits per heavy atom. The van der Waals surface area contributed by atoms with Crippen LogP contribution in [-0.2, 0) is 0 Å². The molecule has 0 amide bonds. The molecule has 0 aliphatic rings. The molecule has 2 aromatic rings. The van der Waals surface area contributed by atoms with Gasteiger partial charge >= 0.3 is 0 Å². The Kier molecular flexibility index (Phi) is 13.6. The van der Waals surface area contributed by atoms with Crippen LogP contribution >= 0.6 is 0 Å². The lowest BCUT2D eigenvalue weighted by Gasteiger charge is -2.12. The highest BCUT2D eigenvalue weighted by Gasteiger charge is 2.13. The first-order valence-corrected chi connectivity index (χ1v) is 7.98. The fourth-order valence-electron chi connectivity index (χ4n) is 2.14. The van der Waals surface area contributed by atoms with Crippen molar-refractivity contribution in [2.75, 3.05) is 0 Å². The van der Waals surface area contributed by atoms with E-state index in [2.05, 4.69) is 83.2 Å². The van der Waals surface area contributed by atoms with Gasteiger partial charge in [-0.05, 0) is 43.0 Å². The standard InChI is InChI=1S/C17H17N.C2H6.C2H4.C2H2/c1-12-5-4-6-15(9-12)17(11-18)16-8-7-13(2)14(3)10-16;3*1-2/h4-10,17H,1-3H3;1-2H3;1-2H2;1-2H. The van der Waals surface area contributed by atoms with Gasteiger partial charge in [0, 0.05) is 0 Å². The van der Waals surface area contributed by atoms with Crippen LogP contribution in [0.3, 0.4) is 0 Å². The third kappa shape index (κ3) is 6.99. The van der Waals surface area contributed by atoms with E-state index in [4.69, 9.17) is 0 Å². The van der Waals surface area contributed by atoms with E-state index < -0.39 is 0 Å². The fraction of sp³-hybridized carbons (Fsp3) is 0.261. The van der Waals surface area contributed by atoms with Crippen molar-refractivity contribution < 1.29 is 0 Å². The second-order valence-corrected chi connectivity index (χ2v) is 4.82. The highest BCUT2D eigenvalue weighted by molar-refractivity contribution is 5.42. The second-order valence-electron chi connectivity index (χ2n) is 4.82. The monoisotopic (exact) mass is 319 g/mol. The van der Waals surface area contributed by atoms with Gasteiger partial charge in [-0.1, -0.05) is 61.9 Å². The van der Waals surface area contributed by atoms with E-state index in [0.717, 1.165) is 11.1 Å². The molecule has 0 aromatic heterocycles. The minimum atomic E-state index is -0.177. The second kappa shape index (κ2) is 13.9. The minimum absolute atomic E-state index is 0.177. The highest BCUT2D eigenvalue weighted by Crippen LogP contribution is 2.26. The van der Waals surface area contributed by atoms with E-state index in [9.17, 15) is 5.26 Å². The van der Waals surface area contributed by atoms with Crippen molar-refractivity contribution >= 4 is 0 Å². The van der Waals surface area contributed by atoms with Crippen molar-refractivity contribution in [2.24, 2.45) is 0 Å². The van der Waals surface area contributed by atoms with Gasteiger partial charge in [-0.2, -0.15) is 5.26 Å². The minimum Gasteiger partial charge on any atom is -0.197 e. The largest absolute Gasteiger partial charge is 0.197 e. The molecule has 0 aliphatic carbocycles. The quantitative estimate of drug-likeness (QED) is 0.467. The van der Waals surface area contributed by atoms with E-state index in [0.29, 0.717) is 0 Å². The van der Waals surface area contributed by atoms with Crippen LogP contribution in [0.4, 0.5) is 0 Å². The fourth-order valence-corrected chi connectivity index (χ4v) is 2.14. The molecule has 24 heavy (non-hydrogen) atoms. The van der Waals surface area contributed by atoms with Gasteiger partial charge in [-0.3, -0.25) is 0 Å². The first-order valence-electron chi connectivity index (χ1n) is 7.98. The van der Waals surface area contributed by atoms with Crippen molar-refractivity contribution in [3.63, 3.8) is 0 Å². The van der Waals surface area contributed by atoms with Crippen molar-refractivity contribution in [1.29, 1.82) is 5.26 Å². The Bertz CT molecular complexity index is 659. The SMILES string of the molecule is C#C.C=C.CC.Cc1cccc(C(C#N)c2ccc(C)c(C)c2)c1. The smallest absolute Gasteiger partial charge is 0.0962 e. The number of nitriles is 1. The zero-order valence-electron chi connectivity index (χ0n) is 15.6. The first-order chi connectivity index (χ1) is 11.6. The van der Waals surface area contributed by atoms with Crippen LogP contribution in [0.2, 0.25) is 0 Å². The van der Waals surface area contributed by atoms with Crippen molar-refractivity contribution in [3.8, 4) is 18.9 Å². The van der Waals surface area contributed by atoms with E-state index in [1.807, 2.05) is 26.0 Å². The van der Waals surface area contributed by atoms with Crippen molar-refractivity contribution in [3.05, 3.63) is 83.4 Å². The van der Waals surface area contributed by atoms with E-state index in [1.54, 1.807) is 0 Å². The van der Waals surface area contributed by atoms with Crippen LogP contribution < -0.4 is 0 Å². The van der Waals surface area contributed by atoms with Crippen LogP contribution in [0.1, 0.15) is 47.6 Å². The molecule has 0 aliphatic heterocycles. The summed E-state index contributed by atoms with van der Waals surface area (Å²) in [5.41, 5.74) is 5.84.